The number of nitrogens with one attached hydrogen (secondary N) is 1. The van der Waals surface area contributed by atoms with Crippen molar-refractivity contribution in [2.24, 2.45) is 5.84 Å². The van der Waals surface area contributed by atoms with Crippen molar-refractivity contribution in [2.45, 2.75) is 29.7 Å². The Kier molecular flexibility index (Phi) is 4.58. The number of hydrazine groups is 1. The van der Waals surface area contributed by atoms with Crippen molar-refractivity contribution in [3.8, 4) is 0 Å². The van der Waals surface area contributed by atoms with Gasteiger partial charge in [-0.1, -0.05) is 36.4 Å². The molecule has 110 valence electrons. The van der Waals surface area contributed by atoms with E-state index in [0.29, 0.717) is 10.8 Å². The van der Waals surface area contributed by atoms with Crippen molar-refractivity contribution in [2.75, 3.05) is 5.75 Å². The summed E-state index contributed by atoms with van der Waals surface area (Å²) in [6.07, 6.45) is 2.12. The number of thioether (sulfide) groups is 1. The molecule has 2 aromatic carbocycles. The molecule has 0 amide bonds. The molecule has 1 aliphatic rings. The molecule has 2 nitrogen and oxygen atoms in total. The molecule has 0 saturated carbocycles. The molecule has 0 aliphatic heterocycles. The Labute approximate surface area is 128 Å². The fraction of sp³-hybridized carbons (Fsp3) is 0.294. The maximum Gasteiger partial charge on any atom is 0.136 e. The van der Waals surface area contributed by atoms with Gasteiger partial charge in [-0.15, -0.1) is 11.8 Å². The molecule has 0 aromatic heterocycles. The second-order valence-electron chi connectivity index (χ2n) is 5.44. The monoisotopic (exact) mass is 302 g/mol. The Morgan fingerprint density at radius 3 is 2.71 bits per heavy atom. The third-order valence-electron chi connectivity index (χ3n) is 4.04. The van der Waals surface area contributed by atoms with Crippen LogP contribution in [0.3, 0.4) is 0 Å². The third-order valence-corrected chi connectivity index (χ3v) is 5.25. The summed E-state index contributed by atoms with van der Waals surface area (Å²) >= 11 is 1.52. The number of fused-ring (bicyclic) bond motifs is 1. The van der Waals surface area contributed by atoms with E-state index in [1.165, 1.54) is 29.0 Å². The highest BCUT2D eigenvalue weighted by molar-refractivity contribution is 7.99. The summed E-state index contributed by atoms with van der Waals surface area (Å²) in [7, 11) is 0. The highest BCUT2D eigenvalue weighted by atomic mass is 32.2. The molecule has 0 fully saturated rings. The van der Waals surface area contributed by atoms with Crippen LogP contribution in [-0.2, 0) is 6.42 Å². The van der Waals surface area contributed by atoms with Crippen LogP contribution in [0.15, 0.2) is 53.4 Å². The van der Waals surface area contributed by atoms with Crippen molar-refractivity contribution in [1.82, 2.24) is 5.43 Å². The van der Waals surface area contributed by atoms with Crippen LogP contribution in [0.1, 0.15) is 23.5 Å². The summed E-state index contributed by atoms with van der Waals surface area (Å²) in [5, 5.41) is 0. The van der Waals surface area contributed by atoms with Crippen LogP contribution in [0.2, 0.25) is 0 Å². The number of hydrogen-bond donors (Lipinski definition) is 2. The van der Waals surface area contributed by atoms with E-state index in [1.807, 2.05) is 12.1 Å². The maximum absolute atomic E-state index is 13.6. The number of halogens is 1. The van der Waals surface area contributed by atoms with Gasteiger partial charge < -0.3 is 0 Å². The van der Waals surface area contributed by atoms with Gasteiger partial charge in [0.05, 0.1) is 0 Å². The third kappa shape index (κ3) is 3.28. The lowest BCUT2D eigenvalue weighted by atomic mass is 9.75. The first-order valence-electron chi connectivity index (χ1n) is 7.19. The van der Waals surface area contributed by atoms with Crippen molar-refractivity contribution in [3.63, 3.8) is 0 Å². The van der Waals surface area contributed by atoms with Crippen molar-refractivity contribution < 1.29 is 4.39 Å². The normalized spacial score (nSPS) is 17.9. The SMILES string of the molecule is NNC(CSc1ccccc1F)CC1Cc2ccccc21. The number of rotatable bonds is 6. The predicted octanol–water partition coefficient (Wildman–Crippen LogP) is 3.48. The second kappa shape index (κ2) is 6.60. The molecule has 0 spiro atoms. The van der Waals surface area contributed by atoms with Gasteiger partial charge in [0.1, 0.15) is 5.82 Å². The van der Waals surface area contributed by atoms with Gasteiger partial charge in [-0.25, -0.2) is 4.39 Å². The van der Waals surface area contributed by atoms with Crippen molar-refractivity contribution in [1.29, 1.82) is 0 Å². The van der Waals surface area contributed by atoms with E-state index in [4.69, 9.17) is 5.84 Å². The Morgan fingerprint density at radius 2 is 1.95 bits per heavy atom. The smallest absolute Gasteiger partial charge is 0.136 e. The van der Waals surface area contributed by atoms with Crippen molar-refractivity contribution in [3.05, 3.63) is 65.5 Å². The topological polar surface area (TPSA) is 38.0 Å². The fourth-order valence-electron chi connectivity index (χ4n) is 2.85. The zero-order valence-electron chi connectivity index (χ0n) is 11.8. The quantitative estimate of drug-likeness (QED) is 0.487. The molecule has 3 rings (SSSR count). The summed E-state index contributed by atoms with van der Waals surface area (Å²) in [4.78, 5) is 0.687. The molecule has 4 heteroatoms. The van der Waals surface area contributed by atoms with E-state index in [9.17, 15) is 4.39 Å². The van der Waals surface area contributed by atoms with Gasteiger partial charge in [0.2, 0.25) is 0 Å². The van der Waals surface area contributed by atoms with Gasteiger partial charge in [-0.3, -0.25) is 11.3 Å². The molecule has 21 heavy (non-hydrogen) atoms. The molecular weight excluding hydrogens is 283 g/mol. The molecular formula is C17H19FN2S. The van der Waals surface area contributed by atoms with Gasteiger partial charge in [0.15, 0.2) is 0 Å². The minimum Gasteiger partial charge on any atom is -0.271 e. The lowest BCUT2D eigenvalue weighted by molar-refractivity contribution is 0.452. The van der Waals surface area contributed by atoms with Crippen LogP contribution in [0.25, 0.3) is 0 Å². The summed E-state index contributed by atoms with van der Waals surface area (Å²) in [5.74, 6) is 6.85. The summed E-state index contributed by atoms with van der Waals surface area (Å²) in [6.45, 7) is 0. The highest BCUT2D eigenvalue weighted by Crippen LogP contribution is 2.38. The van der Waals surface area contributed by atoms with E-state index >= 15 is 0 Å². The standard InChI is InChI=1S/C17H19FN2S/c18-16-7-3-4-8-17(16)21-11-14(20-19)10-13-9-12-5-1-2-6-15(12)13/h1-8,13-14,20H,9-11,19H2. The minimum absolute atomic E-state index is 0.160. The van der Waals surface area contributed by atoms with Crippen molar-refractivity contribution >= 4 is 11.8 Å². The number of nitrogens with two attached hydrogens (primary N) is 1. The first kappa shape index (κ1) is 14.6. The molecule has 2 aromatic rings. The molecule has 0 saturated heterocycles. The van der Waals surface area contributed by atoms with E-state index < -0.39 is 0 Å². The first-order chi connectivity index (χ1) is 10.3. The van der Waals surface area contributed by atoms with Gasteiger partial charge >= 0.3 is 0 Å². The average molecular weight is 302 g/mol. The molecule has 2 atom stereocenters. The lowest BCUT2D eigenvalue weighted by Crippen LogP contribution is -2.39. The number of hydrogen-bond acceptors (Lipinski definition) is 3. The average Bonchev–Trinajstić information content (AvgIpc) is 2.49. The van der Waals surface area contributed by atoms with Gasteiger partial charge in [-0.2, -0.15) is 0 Å². The Morgan fingerprint density at radius 1 is 1.19 bits per heavy atom. The summed E-state index contributed by atoms with van der Waals surface area (Å²) in [6, 6.07) is 15.6. The Bertz CT molecular complexity index is 617. The lowest BCUT2D eigenvalue weighted by Gasteiger charge is -2.32. The van der Waals surface area contributed by atoms with Crippen LogP contribution in [0.4, 0.5) is 4.39 Å². The van der Waals surface area contributed by atoms with Crippen LogP contribution >= 0.6 is 11.8 Å². The Hall–Kier alpha value is -1.36. The predicted molar refractivity (Wildman–Crippen MR) is 85.7 cm³/mol. The van der Waals surface area contributed by atoms with Crippen LogP contribution in [0, 0.1) is 5.82 Å². The summed E-state index contributed by atoms with van der Waals surface area (Å²) < 4.78 is 13.6. The molecule has 1 aliphatic carbocycles. The minimum atomic E-state index is -0.160. The van der Waals surface area contributed by atoms with E-state index in [0.717, 1.165) is 18.6 Å². The van der Waals surface area contributed by atoms with Crippen LogP contribution in [0.5, 0.6) is 0 Å². The van der Waals surface area contributed by atoms with E-state index in [1.54, 1.807) is 6.07 Å². The fourth-order valence-corrected chi connectivity index (χ4v) is 3.85. The Balaban J connectivity index is 1.56. The maximum atomic E-state index is 13.6. The largest absolute Gasteiger partial charge is 0.271 e. The molecule has 0 heterocycles. The molecule has 3 N–H and O–H groups in total. The zero-order valence-corrected chi connectivity index (χ0v) is 12.6. The highest BCUT2D eigenvalue weighted by Gasteiger charge is 2.27. The number of benzene rings is 2. The van der Waals surface area contributed by atoms with Crippen LogP contribution < -0.4 is 11.3 Å². The van der Waals surface area contributed by atoms with E-state index in [-0.39, 0.29) is 11.9 Å². The van der Waals surface area contributed by atoms with Gasteiger partial charge in [-0.05, 0) is 42.0 Å². The second-order valence-corrected chi connectivity index (χ2v) is 6.50. The molecule has 0 radical (unpaired) electrons. The molecule has 2 unspecified atom stereocenters. The van der Waals surface area contributed by atoms with Gasteiger partial charge in [0, 0.05) is 16.7 Å². The first-order valence-corrected chi connectivity index (χ1v) is 8.17. The molecule has 0 bridgehead atoms. The van der Waals surface area contributed by atoms with Crippen LogP contribution in [-0.4, -0.2) is 11.8 Å². The van der Waals surface area contributed by atoms with E-state index in [2.05, 4.69) is 29.7 Å². The van der Waals surface area contributed by atoms with Gasteiger partial charge in [0.25, 0.3) is 0 Å². The summed E-state index contributed by atoms with van der Waals surface area (Å²) in [5.41, 5.74) is 5.76. The zero-order chi connectivity index (χ0) is 14.7.